The van der Waals surface area contributed by atoms with Gasteiger partial charge in [0.25, 0.3) is 0 Å². The Balaban J connectivity index is 2.23. The summed E-state index contributed by atoms with van der Waals surface area (Å²) in [4.78, 5) is 13.0. The van der Waals surface area contributed by atoms with Gasteiger partial charge in [-0.2, -0.15) is 13.2 Å². The number of rotatable bonds is 1. The van der Waals surface area contributed by atoms with Gasteiger partial charge in [0.2, 0.25) is 11.7 Å². The Morgan fingerprint density at radius 2 is 2.06 bits per heavy atom. The number of nitrogens with two attached hydrogens (primary N) is 1. The number of halogens is 3. The average Bonchev–Trinajstić information content (AvgIpc) is 2.69. The minimum absolute atomic E-state index is 0.00343. The van der Waals surface area contributed by atoms with Crippen molar-refractivity contribution in [2.24, 2.45) is 5.73 Å². The largest absolute Gasteiger partial charge is 0.451 e. The molecule has 0 radical (unpaired) electrons. The molecule has 9 heteroatoms. The van der Waals surface area contributed by atoms with E-state index in [1.54, 1.807) is 0 Å². The summed E-state index contributed by atoms with van der Waals surface area (Å²) in [6.07, 6.45) is -4.53. The van der Waals surface area contributed by atoms with Crippen LogP contribution in [0.1, 0.15) is 18.6 Å². The minimum Gasteiger partial charge on any atom is -0.332 e. The van der Waals surface area contributed by atoms with Crippen molar-refractivity contribution in [1.29, 1.82) is 0 Å². The van der Waals surface area contributed by atoms with Crippen molar-refractivity contribution < 1.29 is 18.0 Å². The Morgan fingerprint density at radius 3 is 2.61 bits per heavy atom. The molecule has 0 bridgehead atoms. The van der Waals surface area contributed by atoms with Crippen LogP contribution in [0.4, 0.5) is 13.2 Å². The van der Waals surface area contributed by atoms with E-state index in [-0.39, 0.29) is 31.4 Å². The molecule has 1 aromatic rings. The zero-order valence-corrected chi connectivity index (χ0v) is 9.61. The number of hydrogen-bond acceptors (Lipinski definition) is 4. The third-order valence-corrected chi connectivity index (χ3v) is 2.71. The molecule has 1 amide bonds. The Bertz CT molecular complexity index is 467. The lowest BCUT2D eigenvalue weighted by Gasteiger charge is -2.29. The summed E-state index contributed by atoms with van der Waals surface area (Å²) in [5.74, 6) is -1.20. The van der Waals surface area contributed by atoms with E-state index in [4.69, 9.17) is 5.73 Å². The molecule has 6 nitrogen and oxygen atoms in total. The van der Waals surface area contributed by atoms with Gasteiger partial charge in [-0.05, 0) is 6.92 Å². The standard InChI is InChI=1S/C9H12F3N5O/c1-5(13)7(18)16-2-3-17-6(4-16)14-15-8(17)9(10,11)12/h5H,2-4,13H2,1H3/t5-/m0/s1. The number of aromatic nitrogens is 3. The van der Waals surface area contributed by atoms with Gasteiger partial charge in [-0.25, -0.2) is 0 Å². The van der Waals surface area contributed by atoms with Gasteiger partial charge in [0.1, 0.15) is 0 Å². The molecule has 2 N–H and O–H groups in total. The van der Waals surface area contributed by atoms with Crippen LogP contribution in [0.5, 0.6) is 0 Å². The number of carbonyl (C=O) groups is 1. The SMILES string of the molecule is C[C@H](N)C(=O)N1CCn2c(nnc2C(F)(F)F)C1. The molecule has 0 fully saturated rings. The lowest BCUT2D eigenvalue weighted by Crippen LogP contribution is -2.46. The molecular weight excluding hydrogens is 251 g/mol. The summed E-state index contributed by atoms with van der Waals surface area (Å²) in [5, 5.41) is 6.60. The van der Waals surface area contributed by atoms with Crippen LogP contribution >= 0.6 is 0 Å². The second kappa shape index (κ2) is 4.23. The Labute approximate surface area is 101 Å². The zero-order valence-electron chi connectivity index (χ0n) is 9.61. The highest BCUT2D eigenvalue weighted by atomic mass is 19.4. The van der Waals surface area contributed by atoms with Gasteiger partial charge in [0.15, 0.2) is 5.82 Å². The van der Waals surface area contributed by atoms with Crippen molar-refractivity contribution in [3.63, 3.8) is 0 Å². The fourth-order valence-corrected chi connectivity index (χ4v) is 1.84. The molecule has 0 spiro atoms. The number of amides is 1. The summed E-state index contributed by atoms with van der Waals surface area (Å²) in [7, 11) is 0. The quantitative estimate of drug-likeness (QED) is 0.773. The zero-order chi connectivity index (χ0) is 13.5. The number of fused-ring (bicyclic) bond motifs is 1. The van der Waals surface area contributed by atoms with Gasteiger partial charge in [-0.1, -0.05) is 0 Å². The van der Waals surface area contributed by atoms with Crippen LogP contribution in [0.3, 0.4) is 0 Å². The molecule has 18 heavy (non-hydrogen) atoms. The van der Waals surface area contributed by atoms with Crippen LogP contribution in [-0.2, 0) is 24.1 Å². The summed E-state index contributed by atoms with van der Waals surface area (Å²) in [6, 6.07) is -0.679. The van der Waals surface area contributed by atoms with Crippen LogP contribution in [0.15, 0.2) is 0 Å². The van der Waals surface area contributed by atoms with Crippen molar-refractivity contribution in [3.8, 4) is 0 Å². The van der Waals surface area contributed by atoms with E-state index in [2.05, 4.69) is 10.2 Å². The highest BCUT2D eigenvalue weighted by Gasteiger charge is 2.39. The van der Waals surface area contributed by atoms with E-state index in [1.807, 2.05) is 0 Å². The molecule has 2 rings (SSSR count). The van der Waals surface area contributed by atoms with Gasteiger partial charge >= 0.3 is 6.18 Å². The van der Waals surface area contributed by atoms with Gasteiger partial charge < -0.3 is 15.2 Å². The van der Waals surface area contributed by atoms with E-state index in [9.17, 15) is 18.0 Å². The minimum atomic E-state index is -4.53. The first kappa shape index (κ1) is 12.8. The molecule has 100 valence electrons. The first-order valence-electron chi connectivity index (χ1n) is 5.34. The summed E-state index contributed by atoms with van der Waals surface area (Å²) in [6.45, 7) is 1.73. The fraction of sp³-hybridized carbons (Fsp3) is 0.667. The average molecular weight is 263 g/mol. The number of carbonyl (C=O) groups excluding carboxylic acids is 1. The number of nitrogens with zero attached hydrogens (tertiary/aromatic N) is 4. The van der Waals surface area contributed by atoms with Crippen LogP contribution in [0, 0.1) is 0 Å². The molecule has 2 heterocycles. The molecule has 0 unspecified atom stereocenters. The Hall–Kier alpha value is -1.64. The molecule has 1 atom stereocenters. The first-order valence-corrected chi connectivity index (χ1v) is 5.34. The van der Waals surface area contributed by atoms with Crippen molar-refractivity contribution in [3.05, 3.63) is 11.6 Å². The number of alkyl halides is 3. The van der Waals surface area contributed by atoms with Gasteiger partial charge in [-0.15, -0.1) is 10.2 Å². The molecule has 1 aromatic heterocycles. The van der Waals surface area contributed by atoms with E-state index < -0.39 is 18.0 Å². The summed E-state index contributed by atoms with van der Waals surface area (Å²) < 4.78 is 38.7. The highest BCUT2D eigenvalue weighted by Crippen LogP contribution is 2.29. The molecule has 0 saturated carbocycles. The van der Waals surface area contributed by atoms with Crippen molar-refractivity contribution in [2.75, 3.05) is 6.54 Å². The Kier molecular flexibility index (Phi) is 3.01. The maximum absolute atomic E-state index is 12.6. The molecule has 0 saturated heterocycles. The maximum Gasteiger partial charge on any atom is 0.451 e. The molecule has 1 aliphatic rings. The molecule has 0 aromatic carbocycles. The monoisotopic (exact) mass is 263 g/mol. The van der Waals surface area contributed by atoms with Crippen LogP contribution < -0.4 is 5.73 Å². The summed E-state index contributed by atoms with van der Waals surface area (Å²) in [5.41, 5.74) is 5.45. The van der Waals surface area contributed by atoms with Crippen LogP contribution in [0.2, 0.25) is 0 Å². The van der Waals surface area contributed by atoms with E-state index in [1.165, 1.54) is 11.8 Å². The van der Waals surface area contributed by atoms with Crippen LogP contribution in [0.25, 0.3) is 0 Å². The van der Waals surface area contributed by atoms with Crippen molar-refractivity contribution >= 4 is 5.91 Å². The second-order valence-electron chi connectivity index (χ2n) is 4.14. The van der Waals surface area contributed by atoms with Gasteiger partial charge in [-0.3, -0.25) is 4.79 Å². The predicted octanol–water partition coefficient (Wildman–Crippen LogP) is -0.0137. The van der Waals surface area contributed by atoms with Crippen molar-refractivity contribution in [1.82, 2.24) is 19.7 Å². The molecular formula is C9H12F3N5O. The fourth-order valence-electron chi connectivity index (χ4n) is 1.84. The molecule has 0 aliphatic carbocycles. The van der Waals surface area contributed by atoms with Gasteiger partial charge in [0.05, 0.1) is 12.6 Å². The highest BCUT2D eigenvalue weighted by molar-refractivity contribution is 5.81. The smallest absolute Gasteiger partial charge is 0.332 e. The topological polar surface area (TPSA) is 77.0 Å². The Morgan fingerprint density at radius 1 is 1.39 bits per heavy atom. The third kappa shape index (κ3) is 2.17. The lowest BCUT2D eigenvalue weighted by molar-refractivity contribution is -0.148. The first-order chi connectivity index (χ1) is 8.30. The van der Waals surface area contributed by atoms with Gasteiger partial charge in [0, 0.05) is 13.1 Å². The normalized spacial score (nSPS) is 17.5. The van der Waals surface area contributed by atoms with E-state index >= 15 is 0 Å². The maximum atomic E-state index is 12.6. The predicted molar refractivity (Wildman–Crippen MR) is 54.1 cm³/mol. The second-order valence-corrected chi connectivity index (χ2v) is 4.14. The number of hydrogen-bond donors (Lipinski definition) is 1. The third-order valence-electron chi connectivity index (χ3n) is 2.71. The van der Waals surface area contributed by atoms with Crippen molar-refractivity contribution in [2.45, 2.75) is 32.2 Å². The lowest BCUT2D eigenvalue weighted by atomic mass is 10.2. The summed E-state index contributed by atoms with van der Waals surface area (Å²) >= 11 is 0. The molecule has 1 aliphatic heterocycles. The van der Waals surface area contributed by atoms with E-state index in [0.717, 1.165) is 4.57 Å². The van der Waals surface area contributed by atoms with Crippen LogP contribution in [-0.4, -0.2) is 38.2 Å². The van der Waals surface area contributed by atoms with E-state index in [0.29, 0.717) is 0 Å².